The topological polar surface area (TPSA) is 46.3 Å². The molecule has 0 aromatic heterocycles. The fourth-order valence-corrected chi connectivity index (χ4v) is 2.62. The lowest BCUT2D eigenvalue weighted by Crippen LogP contribution is -2.36. The molecule has 2 aromatic rings. The molecular weight excluding hydrogens is 296 g/mol. The van der Waals surface area contributed by atoms with E-state index in [0.29, 0.717) is 11.6 Å². The summed E-state index contributed by atoms with van der Waals surface area (Å²) in [6.07, 6.45) is 0. The Morgan fingerprint density at radius 3 is 2.36 bits per heavy atom. The van der Waals surface area contributed by atoms with Gasteiger partial charge in [0.05, 0.1) is 5.92 Å². The van der Waals surface area contributed by atoms with Crippen LogP contribution < -0.4 is 5.73 Å². The number of nitrogens with two attached hydrogens (primary N) is 1. The van der Waals surface area contributed by atoms with E-state index in [1.807, 2.05) is 61.5 Å². The molecule has 22 heavy (non-hydrogen) atoms. The van der Waals surface area contributed by atoms with Crippen molar-refractivity contribution in [2.45, 2.75) is 19.5 Å². The van der Waals surface area contributed by atoms with Crippen molar-refractivity contribution >= 4 is 17.5 Å². The standard InChI is InChI=1S/C18H21ClN2O/c1-13(17(20)14-8-4-3-5-9-14)18(22)21(2)12-15-10-6-7-11-16(15)19/h3-11,13,17H,12,20H2,1-2H3. The number of nitrogens with zero attached hydrogens (tertiary/aromatic N) is 1. The zero-order valence-corrected chi connectivity index (χ0v) is 13.6. The van der Waals surface area contributed by atoms with Crippen molar-refractivity contribution in [1.82, 2.24) is 4.90 Å². The average Bonchev–Trinajstić information content (AvgIpc) is 2.55. The number of carbonyl (C=O) groups excluding carboxylic acids is 1. The molecular formula is C18H21ClN2O. The summed E-state index contributed by atoms with van der Waals surface area (Å²) in [5, 5.41) is 0.669. The maximum Gasteiger partial charge on any atom is 0.227 e. The highest BCUT2D eigenvalue weighted by atomic mass is 35.5. The van der Waals surface area contributed by atoms with Gasteiger partial charge in [0.25, 0.3) is 0 Å². The van der Waals surface area contributed by atoms with Crippen LogP contribution in [0.25, 0.3) is 0 Å². The Morgan fingerprint density at radius 1 is 1.14 bits per heavy atom. The highest BCUT2D eigenvalue weighted by Gasteiger charge is 2.25. The smallest absolute Gasteiger partial charge is 0.227 e. The third kappa shape index (κ3) is 3.87. The second-order valence-corrected chi connectivity index (χ2v) is 5.92. The van der Waals surface area contributed by atoms with Crippen LogP contribution in [0.3, 0.4) is 0 Å². The van der Waals surface area contributed by atoms with Crippen molar-refractivity contribution in [1.29, 1.82) is 0 Å². The number of hydrogen-bond donors (Lipinski definition) is 1. The minimum absolute atomic E-state index is 0.0104. The van der Waals surface area contributed by atoms with Crippen LogP contribution in [0, 0.1) is 5.92 Å². The third-order valence-electron chi connectivity index (χ3n) is 3.85. The second-order valence-electron chi connectivity index (χ2n) is 5.51. The summed E-state index contributed by atoms with van der Waals surface area (Å²) < 4.78 is 0. The van der Waals surface area contributed by atoms with E-state index in [9.17, 15) is 4.79 Å². The van der Waals surface area contributed by atoms with Crippen LogP contribution in [0.15, 0.2) is 54.6 Å². The van der Waals surface area contributed by atoms with Crippen LogP contribution in [0.4, 0.5) is 0 Å². The molecule has 2 rings (SSSR count). The first kappa shape index (κ1) is 16.5. The van der Waals surface area contributed by atoms with E-state index in [-0.39, 0.29) is 17.9 Å². The molecule has 0 saturated heterocycles. The van der Waals surface area contributed by atoms with Gasteiger partial charge >= 0.3 is 0 Å². The summed E-state index contributed by atoms with van der Waals surface area (Å²) >= 11 is 6.15. The van der Waals surface area contributed by atoms with Crippen molar-refractivity contribution in [3.8, 4) is 0 Å². The zero-order chi connectivity index (χ0) is 16.1. The Morgan fingerprint density at radius 2 is 1.73 bits per heavy atom. The Balaban J connectivity index is 2.05. The monoisotopic (exact) mass is 316 g/mol. The van der Waals surface area contributed by atoms with Crippen LogP contribution >= 0.6 is 11.6 Å². The first-order valence-corrected chi connectivity index (χ1v) is 7.67. The Kier molecular flexibility index (Phi) is 5.58. The van der Waals surface area contributed by atoms with Gasteiger partial charge in [-0.15, -0.1) is 0 Å². The van der Waals surface area contributed by atoms with Crippen molar-refractivity contribution in [2.75, 3.05) is 7.05 Å². The van der Waals surface area contributed by atoms with Gasteiger partial charge in [-0.2, -0.15) is 0 Å². The molecule has 0 saturated carbocycles. The predicted molar refractivity (Wildman–Crippen MR) is 90.5 cm³/mol. The van der Waals surface area contributed by atoms with Gasteiger partial charge in [-0.05, 0) is 17.2 Å². The van der Waals surface area contributed by atoms with E-state index in [1.165, 1.54) is 0 Å². The van der Waals surface area contributed by atoms with Crippen molar-refractivity contribution in [3.63, 3.8) is 0 Å². The van der Waals surface area contributed by atoms with Crippen LogP contribution in [-0.2, 0) is 11.3 Å². The normalized spacial score (nSPS) is 13.5. The minimum atomic E-state index is -0.317. The number of hydrogen-bond acceptors (Lipinski definition) is 2. The van der Waals surface area contributed by atoms with Gasteiger partial charge in [0, 0.05) is 24.7 Å². The molecule has 0 aliphatic heterocycles. The molecule has 0 fully saturated rings. The molecule has 3 nitrogen and oxygen atoms in total. The summed E-state index contributed by atoms with van der Waals surface area (Å²) in [6.45, 7) is 2.34. The number of carbonyl (C=O) groups is 1. The SMILES string of the molecule is CC(C(=O)N(C)Cc1ccccc1Cl)C(N)c1ccccc1. The van der Waals surface area contributed by atoms with E-state index in [4.69, 9.17) is 17.3 Å². The summed E-state index contributed by atoms with van der Waals surface area (Å²) in [4.78, 5) is 14.3. The van der Waals surface area contributed by atoms with Crippen molar-refractivity contribution in [3.05, 3.63) is 70.7 Å². The molecule has 0 radical (unpaired) electrons. The lowest BCUT2D eigenvalue weighted by atomic mass is 9.94. The van der Waals surface area contributed by atoms with Gasteiger partial charge in [-0.1, -0.05) is 67.1 Å². The maximum atomic E-state index is 12.6. The molecule has 0 aliphatic carbocycles. The summed E-state index contributed by atoms with van der Waals surface area (Å²) in [6, 6.07) is 16.9. The predicted octanol–water partition coefficient (Wildman–Crippen LogP) is 3.63. The van der Waals surface area contributed by atoms with Gasteiger partial charge in [-0.25, -0.2) is 0 Å². The van der Waals surface area contributed by atoms with Crippen LogP contribution in [0.5, 0.6) is 0 Å². The molecule has 0 aliphatic rings. The van der Waals surface area contributed by atoms with Crippen molar-refractivity contribution in [2.24, 2.45) is 11.7 Å². The van der Waals surface area contributed by atoms with Gasteiger partial charge in [-0.3, -0.25) is 4.79 Å². The van der Waals surface area contributed by atoms with E-state index >= 15 is 0 Å². The number of benzene rings is 2. The number of halogens is 1. The summed E-state index contributed by atoms with van der Waals surface area (Å²) in [7, 11) is 1.78. The quantitative estimate of drug-likeness (QED) is 0.915. The highest BCUT2D eigenvalue weighted by Crippen LogP contribution is 2.22. The van der Waals surface area contributed by atoms with Gasteiger partial charge in [0.1, 0.15) is 0 Å². The molecule has 4 heteroatoms. The van der Waals surface area contributed by atoms with E-state index < -0.39 is 0 Å². The minimum Gasteiger partial charge on any atom is -0.341 e. The molecule has 0 heterocycles. The highest BCUT2D eigenvalue weighted by molar-refractivity contribution is 6.31. The first-order valence-electron chi connectivity index (χ1n) is 7.29. The molecule has 2 N–H and O–H groups in total. The van der Waals surface area contributed by atoms with Gasteiger partial charge in [0.15, 0.2) is 0 Å². The van der Waals surface area contributed by atoms with E-state index in [0.717, 1.165) is 11.1 Å². The fourth-order valence-electron chi connectivity index (χ4n) is 2.43. The van der Waals surface area contributed by atoms with Gasteiger partial charge in [0.2, 0.25) is 5.91 Å². The molecule has 2 aromatic carbocycles. The molecule has 2 atom stereocenters. The molecule has 116 valence electrons. The van der Waals surface area contributed by atoms with Crippen molar-refractivity contribution < 1.29 is 4.79 Å². The van der Waals surface area contributed by atoms with Crippen LogP contribution in [0.2, 0.25) is 5.02 Å². The lowest BCUT2D eigenvalue weighted by Gasteiger charge is -2.26. The summed E-state index contributed by atoms with van der Waals surface area (Å²) in [5.74, 6) is -0.286. The molecule has 0 spiro atoms. The molecule has 1 amide bonds. The van der Waals surface area contributed by atoms with E-state index in [1.54, 1.807) is 11.9 Å². The Hall–Kier alpha value is -1.84. The fraction of sp³-hybridized carbons (Fsp3) is 0.278. The second kappa shape index (κ2) is 7.43. The summed E-state index contributed by atoms with van der Waals surface area (Å²) in [5.41, 5.74) is 8.13. The molecule has 0 bridgehead atoms. The Bertz CT molecular complexity index is 630. The third-order valence-corrected chi connectivity index (χ3v) is 4.22. The average molecular weight is 317 g/mol. The lowest BCUT2D eigenvalue weighted by molar-refractivity contribution is -0.134. The number of amides is 1. The van der Waals surface area contributed by atoms with E-state index in [2.05, 4.69) is 0 Å². The van der Waals surface area contributed by atoms with Gasteiger partial charge < -0.3 is 10.6 Å². The largest absolute Gasteiger partial charge is 0.341 e. The molecule has 2 unspecified atom stereocenters. The zero-order valence-electron chi connectivity index (χ0n) is 12.9. The van der Waals surface area contributed by atoms with Crippen LogP contribution in [-0.4, -0.2) is 17.9 Å². The Labute approximate surface area is 136 Å². The maximum absolute atomic E-state index is 12.6. The number of rotatable bonds is 5. The first-order chi connectivity index (χ1) is 10.5. The van der Waals surface area contributed by atoms with Crippen LogP contribution in [0.1, 0.15) is 24.1 Å².